The van der Waals surface area contributed by atoms with E-state index >= 15 is 0 Å². The normalized spacial score (nSPS) is 14.3. The first kappa shape index (κ1) is 25.9. The number of hydrogen-bond acceptors (Lipinski definition) is 8. The summed E-state index contributed by atoms with van der Waals surface area (Å²) in [5.41, 5.74) is 7.01. The zero-order valence-electron chi connectivity index (χ0n) is 22.2. The number of rotatable bonds is 6. The van der Waals surface area contributed by atoms with Crippen molar-refractivity contribution in [1.29, 1.82) is 0 Å². The summed E-state index contributed by atoms with van der Waals surface area (Å²) in [5, 5.41) is 3.56. The van der Waals surface area contributed by atoms with Gasteiger partial charge in [-0.15, -0.1) is 0 Å². The predicted octanol–water partition coefficient (Wildman–Crippen LogP) is 6.56. The van der Waals surface area contributed by atoms with Gasteiger partial charge < -0.3 is 19.9 Å². The number of nitrogens with one attached hydrogen (secondary N) is 2. The largest absolute Gasteiger partial charge is 0.381 e. The van der Waals surface area contributed by atoms with Gasteiger partial charge in [-0.05, 0) is 48.0 Å². The van der Waals surface area contributed by atoms with Gasteiger partial charge in [-0.1, -0.05) is 41.7 Å². The Labute approximate surface area is 246 Å². The van der Waals surface area contributed by atoms with E-state index in [1.807, 2.05) is 30.7 Å². The summed E-state index contributed by atoms with van der Waals surface area (Å²) in [5.74, 6) is 0. The molecule has 0 saturated carbocycles. The molecular formula is C32H27N5O2S2. The van der Waals surface area contributed by atoms with Gasteiger partial charge in [0, 0.05) is 98.1 Å². The van der Waals surface area contributed by atoms with Gasteiger partial charge in [0.25, 0.3) is 0 Å². The molecule has 0 aliphatic carbocycles. The molecule has 204 valence electrons. The van der Waals surface area contributed by atoms with Gasteiger partial charge in [-0.2, -0.15) is 0 Å². The summed E-state index contributed by atoms with van der Waals surface area (Å²) in [6, 6.07) is 22.7. The number of nitrogens with zero attached hydrogens (tertiary/aromatic N) is 3. The molecular weight excluding hydrogens is 551 g/mol. The highest BCUT2D eigenvalue weighted by atomic mass is 32.2. The number of pyridine rings is 3. The molecule has 9 heteroatoms. The van der Waals surface area contributed by atoms with E-state index in [1.54, 1.807) is 35.8 Å². The van der Waals surface area contributed by atoms with E-state index in [2.05, 4.69) is 73.7 Å². The SMILES string of the molecule is O=c1cc(N2CCOCC2)cc(-c2cccc3c2Sc2ccc(NCc4cncc(-c5cccnc5)c4)cc2S3)[nH]1. The first-order valence-electron chi connectivity index (χ1n) is 13.5. The van der Waals surface area contributed by atoms with Gasteiger partial charge in [-0.3, -0.25) is 14.8 Å². The molecule has 0 amide bonds. The van der Waals surface area contributed by atoms with E-state index < -0.39 is 0 Å². The fraction of sp³-hybridized carbons (Fsp3) is 0.156. The smallest absolute Gasteiger partial charge is 0.250 e. The lowest BCUT2D eigenvalue weighted by Gasteiger charge is -2.29. The molecule has 1 fully saturated rings. The highest BCUT2D eigenvalue weighted by Crippen LogP contribution is 2.52. The third kappa shape index (κ3) is 5.61. The van der Waals surface area contributed by atoms with Crippen LogP contribution in [-0.2, 0) is 11.3 Å². The molecule has 5 heterocycles. The van der Waals surface area contributed by atoms with E-state index in [1.165, 1.54) is 19.6 Å². The van der Waals surface area contributed by atoms with E-state index in [-0.39, 0.29) is 5.56 Å². The number of anilines is 2. The lowest BCUT2D eigenvalue weighted by atomic mass is 10.1. The van der Waals surface area contributed by atoms with Crippen LogP contribution in [0.2, 0.25) is 0 Å². The third-order valence-corrected chi connectivity index (χ3v) is 9.73. The fourth-order valence-electron chi connectivity index (χ4n) is 5.08. The average Bonchev–Trinajstić information content (AvgIpc) is 3.03. The maximum Gasteiger partial charge on any atom is 0.250 e. The Bertz CT molecular complexity index is 1770. The van der Waals surface area contributed by atoms with Crippen LogP contribution in [-0.4, -0.2) is 41.3 Å². The molecule has 2 aromatic carbocycles. The molecule has 0 spiro atoms. The first-order chi connectivity index (χ1) is 20.2. The lowest BCUT2D eigenvalue weighted by molar-refractivity contribution is 0.122. The van der Waals surface area contributed by atoms with Gasteiger partial charge in [0.05, 0.1) is 18.9 Å². The minimum absolute atomic E-state index is 0.0904. The van der Waals surface area contributed by atoms with Crippen LogP contribution in [0, 0.1) is 0 Å². The van der Waals surface area contributed by atoms with Crippen LogP contribution in [0.4, 0.5) is 11.4 Å². The second-order valence-corrected chi connectivity index (χ2v) is 12.0. The molecule has 0 unspecified atom stereocenters. The van der Waals surface area contributed by atoms with Crippen molar-refractivity contribution in [3.63, 3.8) is 0 Å². The molecule has 2 aliphatic rings. The van der Waals surface area contributed by atoms with Gasteiger partial charge in [0.1, 0.15) is 0 Å². The van der Waals surface area contributed by atoms with Crippen LogP contribution in [0.1, 0.15) is 5.56 Å². The molecule has 1 saturated heterocycles. The summed E-state index contributed by atoms with van der Waals surface area (Å²) < 4.78 is 5.50. The van der Waals surface area contributed by atoms with Crippen LogP contribution in [0.5, 0.6) is 0 Å². The Kier molecular flexibility index (Phi) is 7.22. The summed E-state index contributed by atoms with van der Waals surface area (Å²) in [6.45, 7) is 3.60. The number of fused-ring (bicyclic) bond motifs is 2. The van der Waals surface area contributed by atoms with Crippen LogP contribution in [0.25, 0.3) is 22.4 Å². The van der Waals surface area contributed by atoms with E-state index in [0.29, 0.717) is 19.8 Å². The number of aromatic amines is 1. The van der Waals surface area contributed by atoms with Gasteiger partial charge in [0.2, 0.25) is 5.56 Å². The summed E-state index contributed by atoms with van der Waals surface area (Å²) >= 11 is 3.52. The van der Waals surface area contributed by atoms with Crippen molar-refractivity contribution in [3.05, 3.63) is 107 Å². The monoisotopic (exact) mass is 577 g/mol. The quantitative estimate of drug-likeness (QED) is 0.230. The summed E-state index contributed by atoms with van der Waals surface area (Å²) in [7, 11) is 0. The molecule has 0 radical (unpaired) electrons. The summed E-state index contributed by atoms with van der Waals surface area (Å²) in [4.78, 5) is 31.4. The number of benzene rings is 2. The molecule has 3 aromatic heterocycles. The average molecular weight is 578 g/mol. The summed E-state index contributed by atoms with van der Waals surface area (Å²) in [6.07, 6.45) is 7.40. The Hall–Kier alpha value is -4.05. The molecule has 7 nitrogen and oxygen atoms in total. The molecule has 0 bridgehead atoms. The highest BCUT2D eigenvalue weighted by Gasteiger charge is 2.22. The lowest BCUT2D eigenvalue weighted by Crippen LogP contribution is -2.36. The van der Waals surface area contributed by atoms with Crippen molar-refractivity contribution in [1.82, 2.24) is 15.0 Å². The zero-order valence-corrected chi connectivity index (χ0v) is 23.8. The minimum atomic E-state index is -0.0904. The number of H-pyrrole nitrogens is 1. The number of morpholine rings is 1. The topological polar surface area (TPSA) is 83.1 Å². The predicted molar refractivity (Wildman–Crippen MR) is 165 cm³/mol. The van der Waals surface area contributed by atoms with Crippen LogP contribution >= 0.6 is 23.5 Å². The molecule has 41 heavy (non-hydrogen) atoms. The van der Waals surface area contributed by atoms with Gasteiger partial charge >= 0.3 is 0 Å². The minimum Gasteiger partial charge on any atom is -0.381 e. The fourth-order valence-corrected chi connectivity index (χ4v) is 7.49. The van der Waals surface area contributed by atoms with E-state index in [4.69, 9.17) is 4.74 Å². The van der Waals surface area contributed by atoms with E-state index in [9.17, 15) is 4.79 Å². The van der Waals surface area contributed by atoms with Gasteiger partial charge in [-0.25, -0.2) is 0 Å². The van der Waals surface area contributed by atoms with Crippen molar-refractivity contribution in [2.45, 2.75) is 26.1 Å². The van der Waals surface area contributed by atoms with Crippen molar-refractivity contribution in [3.8, 4) is 22.4 Å². The molecule has 2 aliphatic heterocycles. The van der Waals surface area contributed by atoms with Gasteiger partial charge in [0.15, 0.2) is 0 Å². The second-order valence-electron chi connectivity index (χ2n) is 9.89. The Morgan fingerprint density at radius 1 is 0.854 bits per heavy atom. The highest BCUT2D eigenvalue weighted by molar-refractivity contribution is 8.05. The Morgan fingerprint density at radius 3 is 2.63 bits per heavy atom. The third-order valence-electron chi connectivity index (χ3n) is 7.14. The number of ether oxygens (including phenoxy) is 1. The molecule has 2 N–H and O–H groups in total. The van der Waals surface area contributed by atoms with Crippen molar-refractivity contribution < 1.29 is 4.74 Å². The second kappa shape index (κ2) is 11.4. The van der Waals surface area contributed by atoms with Crippen molar-refractivity contribution in [2.75, 3.05) is 36.5 Å². The van der Waals surface area contributed by atoms with Crippen molar-refractivity contribution >= 4 is 34.9 Å². The number of hydrogen-bond donors (Lipinski definition) is 2. The zero-order chi connectivity index (χ0) is 27.6. The molecule has 7 rings (SSSR count). The van der Waals surface area contributed by atoms with E-state index in [0.717, 1.165) is 52.4 Å². The van der Waals surface area contributed by atoms with Crippen molar-refractivity contribution in [2.24, 2.45) is 0 Å². The van der Waals surface area contributed by atoms with Crippen LogP contribution in [0.15, 0.2) is 116 Å². The maximum absolute atomic E-state index is 12.6. The number of aromatic nitrogens is 3. The van der Waals surface area contributed by atoms with Crippen LogP contribution < -0.4 is 15.8 Å². The Morgan fingerprint density at radius 2 is 1.76 bits per heavy atom. The molecule has 0 atom stereocenters. The first-order valence-corrected chi connectivity index (χ1v) is 15.1. The standard InChI is InChI=1S/C32H27N5O2S2/c38-31-16-25(37-9-11-39-12-10-37)15-27(36-31)26-4-1-5-29-32(26)41-28-7-6-24(14-30(28)40-29)35-18-21-13-23(20-34-17-21)22-3-2-8-33-19-22/h1-8,13-17,19-20,35H,9-12,18H2,(H,36,38). The van der Waals surface area contributed by atoms with Crippen LogP contribution in [0.3, 0.4) is 0 Å². The Balaban J connectivity index is 1.11. The maximum atomic E-state index is 12.6. The molecule has 5 aromatic rings.